The molecule has 0 radical (unpaired) electrons. The van der Waals surface area contributed by atoms with Crippen LogP contribution in [0.4, 0.5) is 0 Å². The molecule has 4 heteroatoms. The van der Waals surface area contributed by atoms with E-state index in [2.05, 4.69) is 44.4 Å². The minimum absolute atomic E-state index is 0.192. The Morgan fingerprint density at radius 2 is 2.00 bits per heavy atom. The number of rotatable bonds is 5. The Morgan fingerprint density at radius 3 is 2.50 bits per heavy atom. The maximum atomic E-state index is 5.90. The van der Waals surface area contributed by atoms with Crippen LogP contribution in [0.15, 0.2) is 12.1 Å². The summed E-state index contributed by atoms with van der Waals surface area (Å²) in [6.07, 6.45) is 0. The molecular formula is C12H21ClN2S. The monoisotopic (exact) mass is 260 g/mol. The molecule has 1 aromatic rings. The highest BCUT2D eigenvalue weighted by molar-refractivity contribution is 7.16. The van der Waals surface area contributed by atoms with Gasteiger partial charge in [0.05, 0.1) is 4.34 Å². The van der Waals surface area contributed by atoms with Gasteiger partial charge in [0.25, 0.3) is 0 Å². The van der Waals surface area contributed by atoms with Crippen LogP contribution in [0.1, 0.15) is 38.6 Å². The molecule has 0 saturated heterocycles. The molecule has 0 aromatic carbocycles. The van der Waals surface area contributed by atoms with E-state index in [-0.39, 0.29) is 5.54 Å². The normalized spacial score (nSPS) is 14.1. The summed E-state index contributed by atoms with van der Waals surface area (Å²) in [6.45, 7) is 10.6. The summed E-state index contributed by atoms with van der Waals surface area (Å²) in [6, 6.07) is 4.41. The van der Waals surface area contributed by atoms with E-state index >= 15 is 0 Å². The molecule has 92 valence electrons. The lowest BCUT2D eigenvalue weighted by Gasteiger charge is -2.21. The smallest absolute Gasteiger partial charge is 0.0931 e. The number of hydrogen-bond donors (Lipinski definition) is 2. The molecule has 0 fully saturated rings. The molecule has 0 aliphatic carbocycles. The zero-order valence-corrected chi connectivity index (χ0v) is 12.0. The van der Waals surface area contributed by atoms with Crippen molar-refractivity contribution in [3.05, 3.63) is 21.3 Å². The maximum Gasteiger partial charge on any atom is 0.0931 e. The van der Waals surface area contributed by atoms with E-state index in [0.717, 1.165) is 17.4 Å². The Labute approximate surface area is 107 Å². The topological polar surface area (TPSA) is 24.1 Å². The van der Waals surface area contributed by atoms with Gasteiger partial charge in [0, 0.05) is 29.5 Å². The SMILES string of the molecule is CC(NCCNC(C)(C)C)c1ccc(Cl)s1. The molecule has 2 nitrogen and oxygen atoms in total. The highest BCUT2D eigenvalue weighted by Gasteiger charge is 2.09. The Balaban J connectivity index is 2.23. The number of hydrogen-bond acceptors (Lipinski definition) is 3. The standard InChI is InChI=1S/C12H21ClN2S/c1-9(10-5-6-11(13)16-10)14-7-8-15-12(2,3)4/h5-6,9,14-15H,7-8H2,1-4H3. The molecule has 1 unspecified atom stereocenters. The fraction of sp³-hybridized carbons (Fsp3) is 0.667. The van der Waals surface area contributed by atoms with Crippen LogP contribution in [0.2, 0.25) is 4.34 Å². The van der Waals surface area contributed by atoms with Gasteiger partial charge in [-0.3, -0.25) is 0 Å². The van der Waals surface area contributed by atoms with Crippen molar-refractivity contribution in [2.45, 2.75) is 39.3 Å². The first-order chi connectivity index (χ1) is 7.38. The van der Waals surface area contributed by atoms with Crippen molar-refractivity contribution in [1.29, 1.82) is 0 Å². The van der Waals surface area contributed by atoms with E-state index in [1.807, 2.05) is 6.07 Å². The van der Waals surface area contributed by atoms with Crippen LogP contribution in [0.5, 0.6) is 0 Å². The Kier molecular flexibility index (Phi) is 5.25. The van der Waals surface area contributed by atoms with Gasteiger partial charge < -0.3 is 10.6 Å². The minimum atomic E-state index is 0.192. The summed E-state index contributed by atoms with van der Waals surface area (Å²) >= 11 is 7.55. The van der Waals surface area contributed by atoms with Gasteiger partial charge in [0.1, 0.15) is 0 Å². The second kappa shape index (κ2) is 6.01. The van der Waals surface area contributed by atoms with E-state index in [0.29, 0.717) is 6.04 Å². The van der Waals surface area contributed by atoms with Crippen molar-refractivity contribution in [3.8, 4) is 0 Å². The number of nitrogens with one attached hydrogen (secondary N) is 2. The first-order valence-corrected chi connectivity index (χ1v) is 6.81. The molecule has 0 saturated carbocycles. The molecule has 2 N–H and O–H groups in total. The Morgan fingerprint density at radius 1 is 1.31 bits per heavy atom. The van der Waals surface area contributed by atoms with Crippen LogP contribution < -0.4 is 10.6 Å². The van der Waals surface area contributed by atoms with Crippen LogP contribution in [-0.4, -0.2) is 18.6 Å². The lowest BCUT2D eigenvalue weighted by molar-refractivity contribution is 0.415. The fourth-order valence-electron chi connectivity index (χ4n) is 1.39. The van der Waals surface area contributed by atoms with Crippen LogP contribution >= 0.6 is 22.9 Å². The van der Waals surface area contributed by atoms with Crippen molar-refractivity contribution in [2.24, 2.45) is 0 Å². The highest BCUT2D eigenvalue weighted by Crippen LogP contribution is 2.26. The molecule has 1 rings (SSSR count). The van der Waals surface area contributed by atoms with Crippen molar-refractivity contribution >= 4 is 22.9 Å². The van der Waals surface area contributed by atoms with Crippen molar-refractivity contribution in [1.82, 2.24) is 10.6 Å². The second-order valence-corrected chi connectivity index (χ2v) is 6.74. The van der Waals surface area contributed by atoms with Crippen LogP contribution in [0.3, 0.4) is 0 Å². The van der Waals surface area contributed by atoms with Gasteiger partial charge in [-0.1, -0.05) is 11.6 Å². The predicted octanol–water partition coefficient (Wildman–Crippen LogP) is 3.44. The molecule has 16 heavy (non-hydrogen) atoms. The third-order valence-corrected chi connectivity index (χ3v) is 3.67. The molecule has 0 spiro atoms. The lowest BCUT2D eigenvalue weighted by Crippen LogP contribution is -2.40. The average Bonchev–Trinajstić information content (AvgIpc) is 2.57. The first-order valence-electron chi connectivity index (χ1n) is 5.62. The van der Waals surface area contributed by atoms with Crippen molar-refractivity contribution < 1.29 is 0 Å². The van der Waals surface area contributed by atoms with E-state index in [9.17, 15) is 0 Å². The average molecular weight is 261 g/mol. The molecule has 0 aliphatic heterocycles. The van der Waals surface area contributed by atoms with E-state index in [4.69, 9.17) is 11.6 Å². The third-order valence-electron chi connectivity index (χ3n) is 2.25. The molecule has 0 bridgehead atoms. The fourth-order valence-corrected chi connectivity index (χ4v) is 2.48. The quantitative estimate of drug-likeness (QED) is 0.793. The summed E-state index contributed by atoms with van der Waals surface area (Å²) in [7, 11) is 0. The summed E-state index contributed by atoms with van der Waals surface area (Å²) in [4.78, 5) is 1.29. The van der Waals surface area contributed by atoms with Gasteiger partial charge in [0.15, 0.2) is 0 Å². The van der Waals surface area contributed by atoms with Gasteiger partial charge in [-0.25, -0.2) is 0 Å². The van der Waals surface area contributed by atoms with Gasteiger partial charge in [-0.15, -0.1) is 11.3 Å². The number of thiophene rings is 1. The Hall–Kier alpha value is -0.0900. The van der Waals surface area contributed by atoms with Gasteiger partial charge in [-0.2, -0.15) is 0 Å². The molecule has 1 atom stereocenters. The molecular weight excluding hydrogens is 240 g/mol. The summed E-state index contributed by atoms with van der Waals surface area (Å²) in [5.74, 6) is 0. The molecule has 1 heterocycles. The summed E-state index contributed by atoms with van der Waals surface area (Å²) in [5, 5.41) is 6.92. The third kappa shape index (κ3) is 5.30. The number of halogens is 1. The van der Waals surface area contributed by atoms with Gasteiger partial charge in [0.2, 0.25) is 0 Å². The lowest BCUT2D eigenvalue weighted by atomic mass is 10.1. The van der Waals surface area contributed by atoms with E-state index < -0.39 is 0 Å². The van der Waals surface area contributed by atoms with E-state index in [1.165, 1.54) is 4.88 Å². The molecule has 1 aromatic heterocycles. The zero-order chi connectivity index (χ0) is 12.2. The maximum absolute atomic E-state index is 5.90. The summed E-state index contributed by atoms with van der Waals surface area (Å²) < 4.78 is 0.858. The van der Waals surface area contributed by atoms with Gasteiger partial charge in [-0.05, 0) is 39.8 Å². The Bertz CT molecular complexity index is 317. The highest BCUT2D eigenvalue weighted by atomic mass is 35.5. The largest absolute Gasteiger partial charge is 0.311 e. The van der Waals surface area contributed by atoms with E-state index in [1.54, 1.807) is 11.3 Å². The first kappa shape index (κ1) is 14.0. The zero-order valence-electron chi connectivity index (χ0n) is 10.4. The van der Waals surface area contributed by atoms with Crippen molar-refractivity contribution in [2.75, 3.05) is 13.1 Å². The second-order valence-electron chi connectivity index (χ2n) is 4.99. The van der Waals surface area contributed by atoms with Crippen LogP contribution in [-0.2, 0) is 0 Å². The molecule has 0 amide bonds. The predicted molar refractivity (Wildman–Crippen MR) is 73.5 cm³/mol. The van der Waals surface area contributed by atoms with Crippen molar-refractivity contribution in [3.63, 3.8) is 0 Å². The minimum Gasteiger partial charge on any atom is -0.311 e. The summed E-state index contributed by atoms with van der Waals surface area (Å²) in [5.41, 5.74) is 0.192. The molecule has 0 aliphatic rings. The van der Waals surface area contributed by atoms with Crippen LogP contribution in [0.25, 0.3) is 0 Å². The van der Waals surface area contributed by atoms with Gasteiger partial charge >= 0.3 is 0 Å². The van der Waals surface area contributed by atoms with Crippen LogP contribution in [0, 0.1) is 0 Å².